The van der Waals surface area contributed by atoms with E-state index in [1.165, 1.54) is 35.2 Å². The van der Waals surface area contributed by atoms with E-state index in [0.29, 0.717) is 0 Å². The molecule has 2 aromatic heterocycles. The molecule has 110 valence electrons. The molecule has 0 unspecified atom stereocenters. The van der Waals surface area contributed by atoms with Crippen molar-refractivity contribution in [2.24, 2.45) is 0 Å². The molecule has 0 aliphatic carbocycles. The Balaban J connectivity index is 0.000000126. The molecule has 0 aromatic carbocycles. The first-order chi connectivity index (χ1) is 10.2. The number of fused-ring (bicyclic) bond motifs is 2. The van der Waals surface area contributed by atoms with Gasteiger partial charge in [-0.15, -0.1) is 0 Å². The summed E-state index contributed by atoms with van der Waals surface area (Å²) in [5.74, 6) is 0. The zero-order valence-electron chi connectivity index (χ0n) is 12.8. The van der Waals surface area contributed by atoms with Gasteiger partial charge in [-0.1, -0.05) is 0 Å². The molecular weight excluding hydrogens is 260 g/mol. The number of hydrogen-bond acceptors (Lipinski definition) is 4. The molecule has 4 heterocycles. The average Bonchev–Trinajstić information content (AvgIpc) is 2.88. The zero-order chi connectivity index (χ0) is 14.7. The van der Waals surface area contributed by atoms with Gasteiger partial charge in [0.2, 0.25) is 0 Å². The monoisotopic (exact) mass is 282 g/mol. The quantitative estimate of drug-likeness (QED) is 0.741. The first-order valence-electron chi connectivity index (χ1n) is 7.43. The predicted molar refractivity (Wildman–Crippen MR) is 83.7 cm³/mol. The van der Waals surface area contributed by atoms with E-state index in [2.05, 4.69) is 46.0 Å². The molecule has 0 amide bonds. The number of nitrogens with zero attached hydrogens (tertiary/aromatic N) is 4. The summed E-state index contributed by atoms with van der Waals surface area (Å²) in [6.45, 7) is 4.38. The van der Waals surface area contributed by atoms with Crippen molar-refractivity contribution in [3.05, 3.63) is 59.2 Å². The fourth-order valence-corrected chi connectivity index (χ4v) is 2.91. The molecule has 0 radical (unpaired) electrons. The van der Waals surface area contributed by atoms with Gasteiger partial charge in [0.05, 0.1) is 0 Å². The van der Waals surface area contributed by atoms with Gasteiger partial charge in [-0.2, -0.15) is 0 Å². The Labute approximate surface area is 126 Å². The van der Waals surface area contributed by atoms with E-state index < -0.39 is 0 Å². The molecule has 4 heteroatoms. The Morgan fingerprint density at radius 2 is 1.33 bits per heavy atom. The van der Waals surface area contributed by atoms with Crippen LogP contribution >= 0.6 is 0 Å². The van der Waals surface area contributed by atoms with Crippen molar-refractivity contribution in [2.75, 3.05) is 20.6 Å². The van der Waals surface area contributed by atoms with Crippen LogP contribution < -0.4 is 0 Å². The van der Waals surface area contributed by atoms with Crippen LogP contribution in [0.4, 0.5) is 0 Å². The van der Waals surface area contributed by atoms with Crippen LogP contribution in [-0.4, -0.2) is 40.4 Å². The number of pyridine rings is 2. The topological polar surface area (TPSA) is 32.3 Å². The lowest BCUT2D eigenvalue weighted by atomic mass is 10.0. The Morgan fingerprint density at radius 1 is 0.762 bits per heavy atom. The van der Waals surface area contributed by atoms with E-state index in [0.717, 1.165) is 19.6 Å². The highest BCUT2D eigenvalue weighted by molar-refractivity contribution is 5.26. The highest BCUT2D eigenvalue weighted by atomic mass is 15.1. The van der Waals surface area contributed by atoms with Crippen LogP contribution in [-0.2, 0) is 26.1 Å². The average molecular weight is 282 g/mol. The van der Waals surface area contributed by atoms with E-state index in [-0.39, 0.29) is 0 Å². The lowest BCUT2D eigenvalue weighted by Gasteiger charge is -2.23. The normalized spacial score (nSPS) is 17.6. The van der Waals surface area contributed by atoms with Gasteiger partial charge >= 0.3 is 0 Å². The maximum absolute atomic E-state index is 4.11. The third kappa shape index (κ3) is 3.46. The van der Waals surface area contributed by atoms with Gasteiger partial charge in [-0.05, 0) is 54.9 Å². The van der Waals surface area contributed by atoms with Crippen molar-refractivity contribution in [1.82, 2.24) is 19.8 Å². The van der Waals surface area contributed by atoms with Crippen LogP contribution in [0.2, 0.25) is 0 Å². The van der Waals surface area contributed by atoms with Crippen LogP contribution in [0.15, 0.2) is 36.9 Å². The molecule has 21 heavy (non-hydrogen) atoms. The highest BCUT2D eigenvalue weighted by Crippen LogP contribution is 2.18. The molecule has 4 rings (SSSR count). The standard InChI is InChI=1S/C9H12N2.C8H10N2/c1-11-5-3-8-2-4-10-6-9(8)7-11;1-10-5-7-2-3-9-4-8(7)6-10/h2,4,6H,3,5,7H2,1H3;2-4H,5-6H2,1H3. The van der Waals surface area contributed by atoms with Crippen molar-refractivity contribution < 1.29 is 0 Å². The minimum atomic E-state index is 1.06. The third-order valence-corrected chi connectivity index (χ3v) is 4.09. The number of likely N-dealkylation sites (N-methyl/N-ethyl adjacent to an activating group) is 1. The van der Waals surface area contributed by atoms with Crippen LogP contribution in [0.25, 0.3) is 0 Å². The fourth-order valence-electron chi connectivity index (χ4n) is 2.91. The Morgan fingerprint density at radius 3 is 2.05 bits per heavy atom. The summed E-state index contributed by atoms with van der Waals surface area (Å²) in [4.78, 5) is 12.8. The first-order valence-corrected chi connectivity index (χ1v) is 7.43. The molecule has 0 N–H and O–H groups in total. The van der Waals surface area contributed by atoms with Crippen molar-refractivity contribution in [3.8, 4) is 0 Å². The summed E-state index contributed by atoms with van der Waals surface area (Å²) >= 11 is 0. The van der Waals surface area contributed by atoms with Crippen molar-refractivity contribution in [1.29, 1.82) is 0 Å². The number of hydrogen-bond donors (Lipinski definition) is 0. The predicted octanol–water partition coefficient (Wildman–Crippen LogP) is 2.10. The summed E-state index contributed by atoms with van der Waals surface area (Å²) in [6, 6.07) is 4.22. The van der Waals surface area contributed by atoms with Crippen LogP contribution in [0.1, 0.15) is 22.3 Å². The molecule has 0 saturated heterocycles. The third-order valence-electron chi connectivity index (χ3n) is 4.09. The van der Waals surface area contributed by atoms with E-state index in [1.54, 1.807) is 0 Å². The zero-order valence-corrected chi connectivity index (χ0v) is 12.8. The van der Waals surface area contributed by atoms with Crippen molar-refractivity contribution in [2.45, 2.75) is 26.1 Å². The molecule has 0 fully saturated rings. The Bertz CT molecular complexity index is 586. The summed E-state index contributed by atoms with van der Waals surface area (Å²) in [5.41, 5.74) is 5.67. The van der Waals surface area contributed by atoms with Crippen LogP contribution in [0.5, 0.6) is 0 Å². The second-order valence-electron chi connectivity index (χ2n) is 5.95. The van der Waals surface area contributed by atoms with E-state index >= 15 is 0 Å². The SMILES string of the molecule is CN1CCc2ccncc2C1.CN1Cc2ccncc2C1. The highest BCUT2D eigenvalue weighted by Gasteiger charge is 2.13. The number of rotatable bonds is 0. The minimum Gasteiger partial charge on any atom is -0.302 e. The van der Waals surface area contributed by atoms with Gasteiger partial charge < -0.3 is 4.90 Å². The molecule has 0 spiro atoms. The summed E-state index contributed by atoms with van der Waals surface area (Å²) in [5, 5.41) is 0. The summed E-state index contributed by atoms with van der Waals surface area (Å²) in [6.07, 6.45) is 8.85. The van der Waals surface area contributed by atoms with Gasteiger partial charge in [0.25, 0.3) is 0 Å². The van der Waals surface area contributed by atoms with Gasteiger partial charge in [-0.3, -0.25) is 14.9 Å². The van der Waals surface area contributed by atoms with Crippen LogP contribution in [0.3, 0.4) is 0 Å². The fraction of sp³-hybridized carbons (Fsp3) is 0.412. The summed E-state index contributed by atoms with van der Waals surface area (Å²) in [7, 11) is 4.27. The number of aromatic nitrogens is 2. The second kappa shape index (κ2) is 6.33. The van der Waals surface area contributed by atoms with Gasteiger partial charge in [0.1, 0.15) is 0 Å². The molecule has 0 saturated carbocycles. The van der Waals surface area contributed by atoms with E-state index in [4.69, 9.17) is 0 Å². The van der Waals surface area contributed by atoms with E-state index in [1.807, 2.05) is 24.8 Å². The lowest BCUT2D eigenvalue weighted by Crippen LogP contribution is -2.26. The van der Waals surface area contributed by atoms with Gasteiger partial charge in [-0.25, -0.2) is 0 Å². The second-order valence-corrected chi connectivity index (χ2v) is 5.95. The van der Waals surface area contributed by atoms with Crippen molar-refractivity contribution in [3.63, 3.8) is 0 Å². The summed E-state index contributed by atoms with van der Waals surface area (Å²) < 4.78 is 0. The van der Waals surface area contributed by atoms with Gasteiger partial charge in [0, 0.05) is 51.0 Å². The van der Waals surface area contributed by atoms with Gasteiger partial charge in [0.15, 0.2) is 0 Å². The molecule has 0 atom stereocenters. The maximum Gasteiger partial charge on any atom is 0.0316 e. The first kappa shape index (κ1) is 14.2. The molecule has 4 nitrogen and oxygen atoms in total. The molecule has 0 bridgehead atoms. The maximum atomic E-state index is 4.11. The molecule has 2 aromatic rings. The van der Waals surface area contributed by atoms with Crippen LogP contribution in [0, 0.1) is 0 Å². The Kier molecular flexibility index (Phi) is 4.27. The largest absolute Gasteiger partial charge is 0.302 e. The Hall–Kier alpha value is -1.78. The minimum absolute atomic E-state index is 1.06. The smallest absolute Gasteiger partial charge is 0.0316 e. The van der Waals surface area contributed by atoms with E-state index in [9.17, 15) is 0 Å². The lowest BCUT2D eigenvalue weighted by molar-refractivity contribution is 0.312. The molecular formula is C17H22N4. The molecule has 2 aliphatic heterocycles. The molecule has 2 aliphatic rings. The van der Waals surface area contributed by atoms with Crippen molar-refractivity contribution >= 4 is 0 Å².